The van der Waals surface area contributed by atoms with Crippen molar-refractivity contribution >= 4 is 51.5 Å². The Bertz CT molecular complexity index is 730. The molecule has 1 saturated heterocycles. The molecule has 124 valence electrons. The van der Waals surface area contributed by atoms with Gasteiger partial charge in [-0.3, -0.25) is 10.1 Å². The molecule has 0 aromatic heterocycles. The van der Waals surface area contributed by atoms with Crippen LogP contribution in [0.2, 0.25) is 0 Å². The van der Waals surface area contributed by atoms with Crippen molar-refractivity contribution < 1.29 is 4.79 Å². The van der Waals surface area contributed by atoms with Crippen LogP contribution in [0.15, 0.2) is 54.6 Å². The van der Waals surface area contributed by atoms with Crippen LogP contribution in [0.1, 0.15) is 10.4 Å². The molecule has 3 rings (SSSR count). The van der Waals surface area contributed by atoms with Crippen molar-refractivity contribution in [2.75, 3.05) is 31.1 Å². The van der Waals surface area contributed by atoms with E-state index in [4.69, 9.17) is 12.2 Å². The molecule has 2 aromatic carbocycles. The van der Waals surface area contributed by atoms with Gasteiger partial charge in [0.1, 0.15) is 0 Å². The van der Waals surface area contributed by atoms with E-state index in [1.807, 2.05) is 42.5 Å². The lowest BCUT2D eigenvalue weighted by Crippen LogP contribution is -2.52. The molecule has 2 aromatic rings. The van der Waals surface area contributed by atoms with Crippen LogP contribution in [-0.2, 0) is 0 Å². The zero-order chi connectivity index (χ0) is 16.9. The number of hydrogen-bond donors (Lipinski definition) is 1. The molecule has 1 amide bonds. The molecule has 1 aliphatic rings. The lowest BCUT2D eigenvalue weighted by molar-refractivity contribution is 0.0972. The number of thiocarbonyl (C=S) groups is 1. The van der Waals surface area contributed by atoms with E-state index in [2.05, 4.69) is 49.8 Å². The number of carbonyl (C=O) groups excluding carboxylic acids is 1. The van der Waals surface area contributed by atoms with Crippen LogP contribution >= 0.6 is 34.8 Å². The molecule has 0 radical (unpaired) electrons. The Kier molecular flexibility index (Phi) is 5.68. The Hall–Kier alpha value is -1.67. The lowest BCUT2D eigenvalue weighted by atomic mass is 10.2. The minimum Gasteiger partial charge on any atom is -0.368 e. The van der Waals surface area contributed by atoms with E-state index in [1.165, 1.54) is 5.69 Å². The first kappa shape index (κ1) is 17.2. The highest BCUT2D eigenvalue weighted by molar-refractivity contribution is 14.1. The second kappa shape index (κ2) is 7.94. The summed E-state index contributed by atoms with van der Waals surface area (Å²) in [6.07, 6.45) is 0. The van der Waals surface area contributed by atoms with E-state index in [0.717, 1.165) is 29.7 Å². The second-order valence-corrected chi connectivity index (χ2v) is 7.10. The van der Waals surface area contributed by atoms with Gasteiger partial charge in [-0.2, -0.15) is 0 Å². The number of amides is 1. The van der Waals surface area contributed by atoms with Crippen molar-refractivity contribution in [3.8, 4) is 0 Å². The Labute approximate surface area is 161 Å². The lowest BCUT2D eigenvalue weighted by Gasteiger charge is -2.37. The average molecular weight is 451 g/mol. The quantitative estimate of drug-likeness (QED) is 0.563. The van der Waals surface area contributed by atoms with Crippen LogP contribution in [-0.4, -0.2) is 42.1 Å². The first-order valence-electron chi connectivity index (χ1n) is 7.80. The number of hydrogen-bond acceptors (Lipinski definition) is 3. The molecule has 0 atom stereocenters. The Balaban J connectivity index is 1.56. The molecule has 1 heterocycles. The predicted octanol–water partition coefficient (Wildman–Crippen LogP) is 3.13. The first-order chi connectivity index (χ1) is 11.6. The third kappa shape index (κ3) is 4.05. The maximum atomic E-state index is 12.4. The van der Waals surface area contributed by atoms with E-state index in [1.54, 1.807) is 0 Å². The Morgan fingerprint density at radius 3 is 2.25 bits per heavy atom. The maximum absolute atomic E-state index is 12.4. The van der Waals surface area contributed by atoms with Gasteiger partial charge in [0, 0.05) is 35.4 Å². The summed E-state index contributed by atoms with van der Waals surface area (Å²) in [5, 5.41) is 3.36. The van der Waals surface area contributed by atoms with Crippen LogP contribution < -0.4 is 10.2 Å². The zero-order valence-corrected chi connectivity index (χ0v) is 16.1. The van der Waals surface area contributed by atoms with Gasteiger partial charge in [-0.1, -0.05) is 30.3 Å². The van der Waals surface area contributed by atoms with Gasteiger partial charge in [-0.25, -0.2) is 0 Å². The molecule has 1 N–H and O–H groups in total. The number of nitrogens with one attached hydrogen (secondary N) is 1. The van der Waals surface area contributed by atoms with Crippen molar-refractivity contribution in [1.29, 1.82) is 0 Å². The fourth-order valence-corrected chi connectivity index (χ4v) is 3.60. The summed E-state index contributed by atoms with van der Waals surface area (Å²) >= 11 is 7.58. The number of nitrogens with zero attached hydrogens (tertiary/aromatic N) is 2. The number of para-hydroxylation sites is 1. The van der Waals surface area contributed by atoms with Crippen LogP contribution in [0.5, 0.6) is 0 Å². The predicted molar refractivity (Wildman–Crippen MR) is 109 cm³/mol. The summed E-state index contributed by atoms with van der Waals surface area (Å²) in [6, 6.07) is 17.9. The standard InChI is InChI=1S/C18H18IN3OS/c19-16-9-5-4-8-15(16)17(23)20-18(24)22-12-10-21(11-13-22)14-6-2-1-3-7-14/h1-9H,10-13H2,(H,20,23,24). The van der Waals surface area contributed by atoms with Gasteiger partial charge in [0.15, 0.2) is 5.11 Å². The summed E-state index contributed by atoms with van der Waals surface area (Å²) in [5.74, 6) is -0.143. The summed E-state index contributed by atoms with van der Waals surface area (Å²) in [4.78, 5) is 16.8. The van der Waals surface area contributed by atoms with Gasteiger partial charge in [0.05, 0.1) is 5.56 Å². The number of carbonyl (C=O) groups is 1. The molecule has 4 nitrogen and oxygen atoms in total. The number of benzene rings is 2. The van der Waals surface area contributed by atoms with Gasteiger partial charge in [-0.15, -0.1) is 0 Å². The van der Waals surface area contributed by atoms with Gasteiger partial charge in [-0.05, 0) is 59.1 Å². The Morgan fingerprint density at radius 1 is 0.958 bits per heavy atom. The molecule has 0 aliphatic carbocycles. The van der Waals surface area contributed by atoms with Gasteiger partial charge in [0.25, 0.3) is 5.91 Å². The summed E-state index contributed by atoms with van der Waals surface area (Å²) < 4.78 is 0.921. The van der Waals surface area contributed by atoms with E-state index in [9.17, 15) is 4.79 Å². The highest BCUT2D eigenvalue weighted by Gasteiger charge is 2.21. The number of piperazine rings is 1. The minimum atomic E-state index is -0.143. The SMILES string of the molecule is O=C(NC(=S)N1CCN(c2ccccc2)CC1)c1ccccc1I. The van der Waals surface area contributed by atoms with Gasteiger partial charge >= 0.3 is 0 Å². The average Bonchev–Trinajstić information content (AvgIpc) is 2.63. The third-order valence-corrected chi connectivity index (χ3v) is 5.33. The van der Waals surface area contributed by atoms with Crippen LogP contribution in [0.25, 0.3) is 0 Å². The van der Waals surface area contributed by atoms with Crippen LogP contribution in [0.4, 0.5) is 5.69 Å². The molecule has 24 heavy (non-hydrogen) atoms. The molecule has 0 unspecified atom stereocenters. The largest absolute Gasteiger partial charge is 0.368 e. The van der Waals surface area contributed by atoms with Crippen molar-refractivity contribution in [2.45, 2.75) is 0 Å². The molecular weight excluding hydrogens is 433 g/mol. The summed E-state index contributed by atoms with van der Waals surface area (Å²) in [5.41, 5.74) is 1.88. The van der Waals surface area contributed by atoms with Crippen LogP contribution in [0.3, 0.4) is 0 Å². The smallest absolute Gasteiger partial charge is 0.258 e. The topological polar surface area (TPSA) is 35.6 Å². The van der Waals surface area contributed by atoms with Gasteiger partial charge in [0.2, 0.25) is 0 Å². The normalized spacial score (nSPS) is 14.4. The molecule has 0 spiro atoms. The van der Waals surface area contributed by atoms with Crippen molar-refractivity contribution in [1.82, 2.24) is 10.2 Å². The van der Waals surface area contributed by atoms with Crippen molar-refractivity contribution in [3.63, 3.8) is 0 Å². The fourth-order valence-electron chi connectivity index (χ4n) is 2.70. The Morgan fingerprint density at radius 2 is 1.58 bits per heavy atom. The molecule has 1 aliphatic heterocycles. The molecule has 6 heteroatoms. The summed E-state index contributed by atoms with van der Waals surface area (Å²) in [6.45, 7) is 3.39. The maximum Gasteiger partial charge on any atom is 0.258 e. The first-order valence-corrected chi connectivity index (χ1v) is 9.28. The minimum absolute atomic E-state index is 0.143. The highest BCUT2D eigenvalue weighted by atomic mass is 127. The van der Waals surface area contributed by atoms with Crippen molar-refractivity contribution in [2.24, 2.45) is 0 Å². The number of anilines is 1. The number of halogens is 1. The summed E-state index contributed by atoms with van der Waals surface area (Å²) in [7, 11) is 0. The second-order valence-electron chi connectivity index (χ2n) is 5.55. The molecule has 0 saturated carbocycles. The fraction of sp³-hybridized carbons (Fsp3) is 0.222. The monoisotopic (exact) mass is 451 g/mol. The molecule has 0 bridgehead atoms. The zero-order valence-electron chi connectivity index (χ0n) is 13.1. The third-order valence-electron chi connectivity index (χ3n) is 4.03. The van der Waals surface area contributed by atoms with E-state index in [-0.39, 0.29) is 5.91 Å². The van der Waals surface area contributed by atoms with Crippen LogP contribution in [0, 0.1) is 3.57 Å². The molecular formula is C18H18IN3OS. The van der Waals surface area contributed by atoms with E-state index in [0.29, 0.717) is 10.7 Å². The highest BCUT2D eigenvalue weighted by Crippen LogP contribution is 2.16. The number of rotatable bonds is 2. The van der Waals surface area contributed by atoms with Gasteiger partial charge < -0.3 is 9.80 Å². The van der Waals surface area contributed by atoms with E-state index < -0.39 is 0 Å². The molecule has 1 fully saturated rings. The van der Waals surface area contributed by atoms with E-state index >= 15 is 0 Å². The van der Waals surface area contributed by atoms with Crippen molar-refractivity contribution in [3.05, 3.63) is 63.7 Å².